The number of ether oxygens (including phenoxy) is 1. The van der Waals surface area contributed by atoms with Crippen LogP contribution in [0.1, 0.15) is 17.3 Å². The zero-order valence-electron chi connectivity index (χ0n) is 11.3. The van der Waals surface area contributed by atoms with Gasteiger partial charge in [-0.05, 0) is 31.2 Å². The van der Waals surface area contributed by atoms with Crippen LogP contribution in [-0.2, 0) is 9.53 Å². The number of rotatable bonds is 4. The zero-order chi connectivity index (χ0) is 15.2. The number of benzene rings is 1. The number of carbonyl (C=O) groups is 2. The first kappa shape index (κ1) is 14.5. The van der Waals surface area contributed by atoms with E-state index in [-0.39, 0.29) is 5.56 Å². The SMILES string of the molecule is C[C@@H](OC(=O)c1ccc[nH]c1=O)C(=O)Nc1ccccc1. The third-order valence-electron chi connectivity index (χ3n) is 2.73. The lowest BCUT2D eigenvalue weighted by Crippen LogP contribution is -2.31. The highest BCUT2D eigenvalue weighted by molar-refractivity contribution is 5.97. The molecular weight excluding hydrogens is 272 g/mol. The van der Waals surface area contributed by atoms with Gasteiger partial charge in [-0.2, -0.15) is 0 Å². The molecule has 6 nitrogen and oxygen atoms in total. The van der Waals surface area contributed by atoms with Crippen molar-refractivity contribution in [1.29, 1.82) is 0 Å². The average molecular weight is 286 g/mol. The van der Waals surface area contributed by atoms with Crippen LogP contribution in [0, 0.1) is 0 Å². The van der Waals surface area contributed by atoms with Gasteiger partial charge in [-0.25, -0.2) is 4.79 Å². The Morgan fingerprint density at radius 3 is 2.52 bits per heavy atom. The number of amides is 1. The molecule has 2 aromatic rings. The van der Waals surface area contributed by atoms with E-state index >= 15 is 0 Å². The van der Waals surface area contributed by atoms with Gasteiger partial charge in [-0.1, -0.05) is 18.2 Å². The lowest BCUT2D eigenvalue weighted by atomic mass is 10.2. The van der Waals surface area contributed by atoms with Crippen molar-refractivity contribution in [1.82, 2.24) is 4.98 Å². The summed E-state index contributed by atoms with van der Waals surface area (Å²) in [5, 5.41) is 2.61. The number of aromatic amines is 1. The molecule has 1 atom stereocenters. The molecule has 21 heavy (non-hydrogen) atoms. The van der Waals surface area contributed by atoms with Crippen LogP contribution in [0.15, 0.2) is 53.5 Å². The van der Waals surface area contributed by atoms with Crippen molar-refractivity contribution in [3.05, 3.63) is 64.6 Å². The van der Waals surface area contributed by atoms with Crippen molar-refractivity contribution in [2.45, 2.75) is 13.0 Å². The van der Waals surface area contributed by atoms with Crippen molar-refractivity contribution in [2.75, 3.05) is 5.32 Å². The van der Waals surface area contributed by atoms with E-state index in [1.807, 2.05) is 6.07 Å². The zero-order valence-corrected chi connectivity index (χ0v) is 11.3. The Bertz CT molecular complexity index is 694. The predicted molar refractivity (Wildman–Crippen MR) is 77.0 cm³/mol. The molecule has 1 aromatic carbocycles. The molecule has 1 heterocycles. The first-order chi connectivity index (χ1) is 10.1. The Balaban J connectivity index is 1.99. The van der Waals surface area contributed by atoms with Crippen molar-refractivity contribution in [2.24, 2.45) is 0 Å². The normalized spacial score (nSPS) is 11.5. The second-order valence-corrected chi connectivity index (χ2v) is 4.32. The molecule has 2 N–H and O–H groups in total. The molecule has 0 aliphatic heterocycles. The lowest BCUT2D eigenvalue weighted by molar-refractivity contribution is -0.123. The quantitative estimate of drug-likeness (QED) is 0.835. The maximum atomic E-state index is 11.9. The van der Waals surface area contributed by atoms with Gasteiger partial charge in [0.05, 0.1) is 0 Å². The molecule has 108 valence electrons. The standard InChI is InChI=1S/C15H14N2O4/c1-10(13(18)17-11-6-3-2-4-7-11)21-15(20)12-8-5-9-16-14(12)19/h2-10H,1H3,(H,16,19)(H,17,18)/t10-/m1/s1. The summed E-state index contributed by atoms with van der Waals surface area (Å²) < 4.78 is 4.98. The largest absolute Gasteiger partial charge is 0.449 e. The van der Waals surface area contributed by atoms with Crippen LogP contribution >= 0.6 is 0 Å². The predicted octanol–water partition coefficient (Wildman–Crippen LogP) is 1.56. The highest BCUT2D eigenvalue weighted by Crippen LogP contribution is 2.07. The Morgan fingerprint density at radius 2 is 1.86 bits per heavy atom. The Labute approximate surface area is 120 Å². The molecule has 1 aromatic heterocycles. The van der Waals surface area contributed by atoms with Crippen LogP contribution in [0.3, 0.4) is 0 Å². The molecule has 0 aliphatic rings. The fourth-order valence-corrected chi connectivity index (χ4v) is 1.63. The van der Waals surface area contributed by atoms with E-state index in [9.17, 15) is 14.4 Å². The Kier molecular flexibility index (Phi) is 4.50. The number of H-pyrrole nitrogens is 1. The van der Waals surface area contributed by atoms with E-state index in [1.165, 1.54) is 25.3 Å². The number of aromatic nitrogens is 1. The van der Waals surface area contributed by atoms with E-state index in [2.05, 4.69) is 10.3 Å². The number of esters is 1. The summed E-state index contributed by atoms with van der Waals surface area (Å²) in [6.07, 6.45) is 0.391. The molecule has 0 fully saturated rings. The van der Waals surface area contributed by atoms with Crippen LogP contribution in [0.25, 0.3) is 0 Å². The van der Waals surface area contributed by atoms with Crippen molar-refractivity contribution >= 4 is 17.6 Å². The van der Waals surface area contributed by atoms with Crippen LogP contribution < -0.4 is 10.9 Å². The number of hydrogen-bond acceptors (Lipinski definition) is 4. The summed E-state index contributed by atoms with van der Waals surface area (Å²) in [5.41, 5.74) is -0.0991. The molecule has 0 saturated carbocycles. The molecule has 0 spiro atoms. The van der Waals surface area contributed by atoms with Gasteiger partial charge < -0.3 is 15.0 Å². The van der Waals surface area contributed by atoms with Gasteiger partial charge in [0.25, 0.3) is 11.5 Å². The minimum absolute atomic E-state index is 0.142. The third-order valence-corrected chi connectivity index (χ3v) is 2.73. The number of para-hydroxylation sites is 1. The molecule has 2 rings (SSSR count). The molecule has 1 amide bonds. The van der Waals surface area contributed by atoms with Crippen LogP contribution in [0.4, 0.5) is 5.69 Å². The monoisotopic (exact) mass is 286 g/mol. The molecular formula is C15H14N2O4. The van der Waals surface area contributed by atoms with Gasteiger partial charge in [0.1, 0.15) is 5.56 Å². The van der Waals surface area contributed by atoms with Crippen LogP contribution in [0.5, 0.6) is 0 Å². The highest BCUT2D eigenvalue weighted by atomic mass is 16.5. The first-order valence-electron chi connectivity index (χ1n) is 6.32. The summed E-state index contributed by atoms with van der Waals surface area (Å²) >= 11 is 0. The first-order valence-corrected chi connectivity index (χ1v) is 6.32. The summed E-state index contributed by atoms with van der Waals surface area (Å²) in [4.78, 5) is 37.5. The molecule has 0 unspecified atom stereocenters. The maximum absolute atomic E-state index is 11.9. The fraction of sp³-hybridized carbons (Fsp3) is 0.133. The maximum Gasteiger partial charge on any atom is 0.344 e. The fourth-order valence-electron chi connectivity index (χ4n) is 1.63. The second kappa shape index (κ2) is 6.51. The smallest absolute Gasteiger partial charge is 0.344 e. The Hall–Kier alpha value is -2.89. The average Bonchev–Trinajstić information content (AvgIpc) is 2.48. The van der Waals surface area contributed by atoms with E-state index < -0.39 is 23.5 Å². The van der Waals surface area contributed by atoms with Gasteiger partial charge in [-0.3, -0.25) is 9.59 Å². The summed E-state index contributed by atoms with van der Waals surface area (Å²) in [6, 6.07) is 11.6. The summed E-state index contributed by atoms with van der Waals surface area (Å²) in [6.45, 7) is 1.44. The highest BCUT2D eigenvalue weighted by Gasteiger charge is 2.20. The van der Waals surface area contributed by atoms with Crippen LogP contribution in [-0.4, -0.2) is 23.0 Å². The van der Waals surface area contributed by atoms with E-state index in [1.54, 1.807) is 24.3 Å². The molecule has 0 radical (unpaired) electrons. The number of pyridine rings is 1. The minimum atomic E-state index is -1.02. The summed E-state index contributed by atoms with van der Waals surface area (Å²) in [7, 11) is 0. The van der Waals surface area contributed by atoms with Crippen LogP contribution in [0.2, 0.25) is 0 Å². The Morgan fingerprint density at radius 1 is 1.14 bits per heavy atom. The molecule has 0 saturated heterocycles. The molecule has 0 bridgehead atoms. The van der Waals surface area contributed by atoms with E-state index in [4.69, 9.17) is 4.74 Å². The van der Waals surface area contributed by atoms with Gasteiger partial charge in [0, 0.05) is 11.9 Å². The number of hydrogen-bond donors (Lipinski definition) is 2. The van der Waals surface area contributed by atoms with Gasteiger partial charge in [-0.15, -0.1) is 0 Å². The van der Waals surface area contributed by atoms with Crippen molar-refractivity contribution in [3.63, 3.8) is 0 Å². The van der Waals surface area contributed by atoms with E-state index in [0.29, 0.717) is 5.69 Å². The van der Waals surface area contributed by atoms with E-state index in [0.717, 1.165) is 0 Å². The van der Waals surface area contributed by atoms with Crippen molar-refractivity contribution in [3.8, 4) is 0 Å². The molecule has 6 heteroatoms. The van der Waals surface area contributed by atoms with Gasteiger partial charge >= 0.3 is 5.97 Å². The third kappa shape index (κ3) is 3.79. The van der Waals surface area contributed by atoms with Crippen molar-refractivity contribution < 1.29 is 14.3 Å². The topological polar surface area (TPSA) is 88.3 Å². The number of nitrogens with one attached hydrogen (secondary N) is 2. The molecule has 0 aliphatic carbocycles. The number of carbonyl (C=O) groups excluding carboxylic acids is 2. The lowest BCUT2D eigenvalue weighted by Gasteiger charge is -2.13. The van der Waals surface area contributed by atoms with Gasteiger partial charge in [0.2, 0.25) is 0 Å². The minimum Gasteiger partial charge on any atom is -0.449 e. The summed E-state index contributed by atoms with van der Waals surface area (Å²) in [5.74, 6) is -1.31. The number of anilines is 1. The van der Waals surface area contributed by atoms with Gasteiger partial charge in [0.15, 0.2) is 6.10 Å². The second-order valence-electron chi connectivity index (χ2n) is 4.32.